The molecule has 0 aliphatic heterocycles. The highest BCUT2D eigenvalue weighted by atomic mass is 16.5. The van der Waals surface area contributed by atoms with Crippen molar-refractivity contribution in [3.8, 4) is 0 Å². The van der Waals surface area contributed by atoms with E-state index in [0.29, 0.717) is 18.3 Å². The number of ether oxygens (including phenoxy) is 1. The van der Waals surface area contributed by atoms with Gasteiger partial charge in [-0.05, 0) is 25.2 Å². The lowest BCUT2D eigenvalue weighted by atomic mass is 9.92. The van der Waals surface area contributed by atoms with Gasteiger partial charge in [-0.3, -0.25) is 10.5 Å². The van der Waals surface area contributed by atoms with Gasteiger partial charge in [0.05, 0.1) is 0 Å². The minimum atomic E-state index is -0.606. The Hall–Kier alpha value is -0.570. The molecule has 11 heavy (non-hydrogen) atoms. The Morgan fingerprint density at radius 3 is 2.82 bits per heavy atom. The third-order valence-corrected chi connectivity index (χ3v) is 3.11. The van der Waals surface area contributed by atoms with Crippen molar-refractivity contribution in [2.45, 2.75) is 31.4 Å². The van der Waals surface area contributed by atoms with Crippen LogP contribution in [-0.4, -0.2) is 12.2 Å². The van der Waals surface area contributed by atoms with Gasteiger partial charge in [-0.25, -0.2) is 0 Å². The lowest BCUT2D eigenvalue weighted by Gasteiger charge is -2.31. The fourth-order valence-corrected chi connectivity index (χ4v) is 2.56. The zero-order chi connectivity index (χ0) is 7.90. The maximum Gasteiger partial charge on any atom is 0.294 e. The molecule has 3 nitrogen and oxygen atoms in total. The molecule has 0 saturated heterocycles. The molecule has 2 bridgehead atoms. The van der Waals surface area contributed by atoms with Crippen LogP contribution >= 0.6 is 0 Å². The maximum absolute atomic E-state index is 10.1. The number of hydrogen-bond acceptors (Lipinski definition) is 3. The van der Waals surface area contributed by atoms with Crippen LogP contribution in [0.1, 0.15) is 25.7 Å². The van der Waals surface area contributed by atoms with Gasteiger partial charge in [0.25, 0.3) is 6.47 Å². The van der Waals surface area contributed by atoms with Gasteiger partial charge >= 0.3 is 0 Å². The molecular weight excluding hydrogens is 142 g/mol. The van der Waals surface area contributed by atoms with E-state index in [9.17, 15) is 4.79 Å². The zero-order valence-corrected chi connectivity index (χ0v) is 6.45. The topological polar surface area (TPSA) is 52.3 Å². The Labute approximate surface area is 65.9 Å². The van der Waals surface area contributed by atoms with Crippen LogP contribution in [0.3, 0.4) is 0 Å². The summed E-state index contributed by atoms with van der Waals surface area (Å²) in [6.07, 6.45) is 4.43. The Kier molecular flexibility index (Phi) is 1.42. The largest absolute Gasteiger partial charge is 0.446 e. The summed E-state index contributed by atoms with van der Waals surface area (Å²) in [5.41, 5.74) is 5.29. The van der Waals surface area contributed by atoms with Gasteiger partial charge in [0.2, 0.25) is 0 Å². The number of hydrogen-bond donors (Lipinski definition) is 1. The zero-order valence-electron chi connectivity index (χ0n) is 6.45. The molecular formula is C8H13NO2. The quantitative estimate of drug-likeness (QED) is 0.470. The molecule has 0 radical (unpaired) electrons. The molecule has 3 heteroatoms. The first kappa shape index (κ1) is 7.10. The Bertz CT molecular complexity index is 183. The van der Waals surface area contributed by atoms with Crippen LogP contribution in [-0.2, 0) is 9.53 Å². The van der Waals surface area contributed by atoms with Crippen LogP contribution in [0.15, 0.2) is 0 Å². The average Bonchev–Trinajstić information content (AvgIpc) is 2.45. The van der Waals surface area contributed by atoms with Gasteiger partial charge in [-0.2, -0.15) is 0 Å². The number of carbonyl (C=O) groups is 1. The fraction of sp³-hybridized carbons (Fsp3) is 0.875. The van der Waals surface area contributed by atoms with E-state index in [1.807, 2.05) is 0 Å². The molecule has 2 fully saturated rings. The van der Waals surface area contributed by atoms with Gasteiger partial charge in [-0.1, -0.05) is 0 Å². The van der Waals surface area contributed by atoms with Crippen molar-refractivity contribution in [1.82, 2.24) is 0 Å². The first-order valence-corrected chi connectivity index (χ1v) is 4.15. The maximum atomic E-state index is 10.1. The summed E-state index contributed by atoms with van der Waals surface area (Å²) in [5.74, 6) is 1.14. The number of carbonyl (C=O) groups excluding carboxylic acids is 1. The highest BCUT2D eigenvalue weighted by Gasteiger charge is 2.50. The van der Waals surface area contributed by atoms with E-state index in [1.165, 1.54) is 6.42 Å². The summed E-state index contributed by atoms with van der Waals surface area (Å²) in [6.45, 7) is 0.487. The highest BCUT2D eigenvalue weighted by molar-refractivity contribution is 5.38. The van der Waals surface area contributed by atoms with Crippen molar-refractivity contribution >= 4 is 6.47 Å². The summed E-state index contributed by atoms with van der Waals surface area (Å²) in [5, 5.41) is 0. The minimum Gasteiger partial charge on any atom is -0.446 e. The Balaban J connectivity index is 2.10. The third-order valence-electron chi connectivity index (χ3n) is 3.11. The van der Waals surface area contributed by atoms with Gasteiger partial charge in [0.15, 0.2) is 5.72 Å². The SMILES string of the molecule is NC1(OC=O)CC2CCC1C2. The normalized spacial score (nSPS) is 47.7. The van der Waals surface area contributed by atoms with E-state index in [1.54, 1.807) is 0 Å². The van der Waals surface area contributed by atoms with Crippen molar-refractivity contribution in [3.05, 3.63) is 0 Å². The molecule has 3 atom stereocenters. The molecule has 0 aromatic heterocycles. The van der Waals surface area contributed by atoms with Gasteiger partial charge in [0, 0.05) is 12.3 Å². The smallest absolute Gasteiger partial charge is 0.294 e. The average molecular weight is 155 g/mol. The molecule has 2 aliphatic carbocycles. The molecule has 2 N–H and O–H groups in total. The fourth-order valence-electron chi connectivity index (χ4n) is 2.56. The monoisotopic (exact) mass is 155 g/mol. The summed E-state index contributed by atoms with van der Waals surface area (Å²) in [7, 11) is 0. The standard InChI is InChI=1S/C8H13NO2/c9-8(11-5-10)4-6-1-2-7(8)3-6/h5-7H,1-4,9H2. The van der Waals surface area contributed by atoms with Crippen LogP contribution in [0.4, 0.5) is 0 Å². The summed E-state index contributed by atoms with van der Waals surface area (Å²) < 4.78 is 4.92. The highest BCUT2D eigenvalue weighted by Crippen LogP contribution is 2.49. The molecule has 0 spiro atoms. The number of nitrogens with two attached hydrogens (primary N) is 1. The van der Waals surface area contributed by atoms with Crippen molar-refractivity contribution < 1.29 is 9.53 Å². The van der Waals surface area contributed by atoms with Gasteiger partial charge < -0.3 is 4.74 Å². The summed E-state index contributed by atoms with van der Waals surface area (Å²) in [6, 6.07) is 0. The van der Waals surface area contributed by atoms with E-state index in [-0.39, 0.29) is 0 Å². The first-order valence-electron chi connectivity index (χ1n) is 4.15. The van der Waals surface area contributed by atoms with Crippen LogP contribution in [0, 0.1) is 11.8 Å². The second-order valence-corrected chi connectivity index (χ2v) is 3.75. The molecule has 2 rings (SSSR count). The Morgan fingerprint density at radius 2 is 2.36 bits per heavy atom. The van der Waals surface area contributed by atoms with Crippen molar-refractivity contribution in [1.29, 1.82) is 0 Å². The van der Waals surface area contributed by atoms with Crippen LogP contribution in [0.25, 0.3) is 0 Å². The number of fused-ring (bicyclic) bond motifs is 2. The van der Waals surface area contributed by atoms with E-state index in [4.69, 9.17) is 10.5 Å². The third kappa shape index (κ3) is 0.948. The minimum absolute atomic E-state index is 0.428. The van der Waals surface area contributed by atoms with Crippen LogP contribution in [0.5, 0.6) is 0 Å². The molecule has 0 heterocycles. The molecule has 2 saturated carbocycles. The lowest BCUT2D eigenvalue weighted by Crippen LogP contribution is -2.47. The van der Waals surface area contributed by atoms with Crippen molar-refractivity contribution in [2.75, 3.05) is 0 Å². The molecule has 2 aliphatic rings. The molecule has 0 aromatic carbocycles. The first-order chi connectivity index (χ1) is 5.24. The lowest BCUT2D eigenvalue weighted by molar-refractivity contribution is -0.148. The van der Waals surface area contributed by atoms with E-state index >= 15 is 0 Å². The van der Waals surface area contributed by atoms with E-state index < -0.39 is 5.72 Å². The van der Waals surface area contributed by atoms with Gasteiger partial charge in [0.1, 0.15) is 0 Å². The predicted molar refractivity (Wildman–Crippen MR) is 39.5 cm³/mol. The van der Waals surface area contributed by atoms with Crippen molar-refractivity contribution in [3.63, 3.8) is 0 Å². The van der Waals surface area contributed by atoms with Crippen LogP contribution < -0.4 is 5.73 Å². The second kappa shape index (κ2) is 2.21. The molecule has 3 unspecified atom stereocenters. The Morgan fingerprint density at radius 1 is 1.55 bits per heavy atom. The van der Waals surface area contributed by atoms with Gasteiger partial charge in [-0.15, -0.1) is 0 Å². The number of rotatable bonds is 2. The predicted octanol–water partition coefficient (Wildman–Crippen LogP) is 0.634. The molecule has 0 aromatic rings. The second-order valence-electron chi connectivity index (χ2n) is 3.75. The molecule has 0 amide bonds. The van der Waals surface area contributed by atoms with E-state index in [2.05, 4.69) is 0 Å². The summed E-state index contributed by atoms with van der Waals surface area (Å²) in [4.78, 5) is 10.1. The van der Waals surface area contributed by atoms with Crippen molar-refractivity contribution in [2.24, 2.45) is 17.6 Å². The van der Waals surface area contributed by atoms with Crippen LogP contribution in [0.2, 0.25) is 0 Å². The molecule has 62 valence electrons. The van der Waals surface area contributed by atoms with E-state index in [0.717, 1.165) is 19.3 Å². The summed E-state index contributed by atoms with van der Waals surface area (Å²) >= 11 is 0.